The second kappa shape index (κ2) is 5.41. The first kappa shape index (κ1) is 12.9. The van der Waals surface area contributed by atoms with Crippen molar-refractivity contribution in [2.75, 3.05) is 18.0 Å². The molecule has 1 fully saturated rings. The lowest BCUT2D eigenvalue weighted by Gasteiger charge is -2.38. The molecule has 1 heterocycles. The highest BCUT2D eigenvalue weighted by atomic mass is 15.2. The molecule has 0 aromatic heterocycles. The Kier molecular flexibility index (Phi) is 3.88. The maximum atomic E-state index is 8.83. The molecule has 1 aliphatic heterocycles. The fourth-order valence-electron chi connectivity index (χ4n) is 2.55. The van der Waals surface area contributed by atoms with Gasteiger partial charge in [-0.3, -0.25) is 0 Å². The van der Waals surface area contributed by atoms with Gasteiger partial charge in [-0.05, 0) is 44.0 Å². The molecule has 1 N–H and O–H groups in total. The van der Waals surface area contributed by atoms with Crippen molar-refractivity contribution < 1.29 is 0 Å². The molecule has 0 radical (unpaired) electrons. The van der Waals surface area contributed by atoms with E-state index in [0.717, 1.165) is 13.1 Å². The summed E-state index contributed by atoms with van der Waals surface area (Å²) < 4.78 is 0. The number of hydrogen-bond acceptors (Lipinski definition) is 3. The average Bonchev–Trinajstić information content (AvgIpc) is 2.32. The number of piperazine rings is 1. The molecule has 0 bridgehead atoms. The molecule has 2 rings (SSSR count). The first-order valence-electron chi connectivity index (χ1n) is 6.55. The largest absolute Gasteiger partial charge is 0.368 e. The number of nitriles is 1. The highest BCUT2D eigenvalue weighted by molar-refractivity contribution is 5.51. The van der Waals surface area contributed by atoms with Gasteiger partial charge in [-0.2, -0.15) is 5.26 Å². The van der Waals surface area contributed by atoms with E-state index in [1.807, 2.05) is 0 Å². The monoisotopic (exact) mass is 243 g/mol. The van der Waals surface area contributed by atoms with Crippen molar-refractivity contribution in [3.05, 3.63) is 29.3 Å². The summed E-state index contributed by atoms with van der Waals surface area (Å²) in [5.41, 5.74) is 3.93. The molecule has 3 nitrogen and oxygen atoms in total. The van der Waals surface area contributed by atoms with E-state index in [1.54, 1.807) is 0 Å². The van der Waals surface area contributed by atoms with E-state index in [-0.39, 0.29) is 6.04 Å². The van der Waals surface area contributed by atoms with Crippen LogP contribution in [0.2, 0.25) is 0 Å². The zero-order valence-corrected chi connectivity index (χ0v) is 11.4. The zero-order valence-electron chi connectivity index (χ0n) is 11.4. The van der Waals surface area contributed by atoms with E-state index in [4.69, 9.17) is 5.26 Å². The lowest BCUT2D eigenvalue weighted by molar-refractivity contribution is 0.391. The smallest absolute Gasteiger partial charge is 0.0638 e. The summed E-state index contributed by atoms with van der Waals surface area (Å²) in [4.78, 5) is 2.38. The van der Waals surface area contributed by atoms with E-state index < -0.39 is 0 Å². The third kappa shape index (κ3) is 2.83. The summed E-state index contributed by atoms with van der Waals surface area (Å²) in [6.07, 6.45) is 0.575. The highest BCUT2D eigenvalue weighted by Gasteiger charge is 2.23. The van der Waals surface area contributed by atoms with Crippen LogP contribution in [0, 0.1) is 25.2 Å². The second-order valence-electron chi connectivity index (χ2n) is 5.30. The van der Waals surface area contributed by atoms with Crippen LogP contribution in [0.5, 0.6) is 0 Å². The summed E-state index contributed by atoms with van der Waals surface area (Å²) in [5, 5.41) is 12.3. The van der Waals surface area contributed by atoms with E-state index in [0.29, 0.717) is 12.5 Å². The molecule has 2 unspecified atom stereocenters. The number of anilines is 1. The number of aryl methyl sites for hydroxylation is 2. The number of hydrogen-bond donors (Lipinski definition) is 1. The minimum Gasteiger partial charge on any atom is -0.368 e. The summed E-state index contributed by atoms with van der Waals surface area (Å²) >= 11 is 0. The van der Waals surface area contributed by atoms with E-state index in [1.165, 1.54) is 16.8 Å². The third-order valence-corrected chi connectivity index (χ3v) is 3.65. The predicted octanol–water partition coefficient (Wildman–Crippen LogP) is 2.38. The molecule has 1 aromatic rings. The number of nitrogens with one attached hydrogen (secondary N) is 1. The molecule has 1 aromatic carbocycles. The van der Waals surface area contributed by atoms with Crippen LogP contribution in [0.3, 0.4) is 0 Å². The van der Waals surface area contributed by atoms with E-state index in [9.17, 15) is 0 Å². The van der Waals surface area contributed by atoms with Gasteiger partial charge < -0.3 is 10.2 Å². The fraction of sp³-hybridized carbons (Fsp3) is 0.533. The summed E-state index contributed by atoms with van der Waals surface area (Å²) in [6.45, 7) is 8.39. The molecule has 0 spiro atoms. The predicted molar refractivity (Wildman–Crippen MR) is 74.7 cm³/mol. The molecule has 18 heavy (non-hydrogen) atoms. The van der Waals surface area contributed by atoms with Crippen molar-refractivity contribution in [2.45, 2.75) is 39.3 Å². The Morgan fingerprint density at radius 3 is 2.78 bits per heavy atom. The lowest BCUT2D eigenvalue weighted by Crippen LogP contribution is -2.55. The summed E-state index contributed by atoms with van der Waals surface area (Å²) in [5.74, 6) is 0. The maximum absolute atomic E-state index is 8.83. The van der Waals surface area contributed by atoms with Crippen molar-refractivity contribution in [3.63, 3.8) is 0 Å². The molecular weight excluding hydrogens is 222 g/mol. The first-order chi connectivity index (χ1) is 8.60. The average molecular weight is 243 g/mol. The number of rotatable bonds is 2. The van der Waals surface area contributed by atoms with Crippen molar-refractivity contribution in [1.82, 2.24) is 5.32 Å². The van der Waals surface area contributed by atoms with Gasteiger partial charge in [0.2, 0.25) is 0 Å². The Labute approximate surface area is 109 Å². The van der Waals surface area contributed by atoms with Crippen LogP contribution in [-0.2, 0) is 0 Å². The molecule has 0 aliphatic carbocycles. The Hall–Kier alpha value is -1.53. The SMILES string of the molecule is Cc1ccc(N2CC(C)NC(CC#N)C2)cc1C. The topological polar surface area (TPSA) is 39.1 Å². The number of nitrogens with zero attached hydrogens (tertiary/aromatic N) is 2. The molecule has 0 amide bonds. The summed E-state index contributed by atoms with van der Waals surface area (Å²) in [6, 6.07) is 9.58. The summed E-state index contributed by atoms with van der Waals surface area (Å²) in [7, 11) is 0. The van der Waals surface area contributed by atoms with E-state index >= 15 is 0 Å². The standard InChI is InChI=1S/C15H21N3/c1-11-4-5-15(8-12(11)2)18-9-13(3)17-14(10-18)6-7-16/h4-5,8,13-14,17H,6,9-10H2,1-3H3. The van der Waals surface area contributed by atoms with Gasteiger partial charge in [0.15, 0.2) is 0 Å². The van der Waals surface area contributed by atoms with Crippen molar-refractivity contribution in [2.24, 2.45) is 0 Å². The molecule has 0 saturated carbocycles. The van der Waals surface area contributed by atoms with Crippen molar-refractivity contribution >= 4 is 5.69 Å². The van der Waals surface area contributed by atoms with Crippen molar-refractivity contribution in [1.29, 1.82) is 5.26 Å². The third-order valence-electron chi connectivity index (χ3n) is 3.65. The maximum Gasteiger partial charge on any atom is 0.0638 e. The van der Waals surface area contributed by atoms with Gasteiger partial charge in [0, 0.05) is 30.9 Å². The molecule has 1 aliphatic rings. The normalized spacial score (nSPS) is 23.8. The van der Waals surface area contributed by atoms with Crippen LogP contribution in [0.15, 0.2) is 18.2 Å². The Morgan fingerprint density at radius 1 is 1.33 bits per heavy atom. The molecular formula is C15H21N3. The molecule has 96 valence electrons. The van der Waals surface area contributed by atoms with Gasteiger partial charge in [0.05, 0.1) is 12.5 Å². The number of benzene rings is 1. The van der Waals surface area contributed by atoms with Gasteiger partial charge in [-0.1, -0.05) is 6.07 Å². The van der Waals surface area contributed by atoms with E-state index in [2.05, 4.69) is 55.3 Å². The Morgan fingerprint density at radius 2 is 2.11 bits per heavy atom. The quantitative estimate of drug-likeness (QED) is 0.867. The Balaban J connectivity index is 2.16. The van der Waals surface area contributed by atoms with Crippen LogP contribution in [-0.4, -0.2) is 25.2 Å². The molecule has 2 atom stereocenters. The van der Waals surface area contributed by atoms with Crippen LogP contribution in [0.25, 0.3) is 0 Å². The van der Waals surface area contributed by atoms with Gasteiger partial charge in [-0.25, -0.2) is 0 Å². The van der Waals surface area contributed by atoms with Gasteiger partial charge in [0.25, 0.3) is 0 Å². The van der Waals surface area contributed by atoms with Crippen LogP contribution < -0.4 is 10.2 Å². The van der Waals surface area contributed by atoms with Gasteiger partial charge >= 0.3 is 0 Å². The second-order valence-corrected chi connectivity index (χ2v) is 5.30. The molecule has 1 saturated heterocycles. The fourth-order valence-corrected chi connectivity index (χ4v) is 2.55. The minimum absolute atomic E-state index is 0.278. The first-order valence-corrected chi connectivity index (χ1v) is 6.55. The minimum atomic E-state index is 0.278. The van der Waals surface area contributed by atoms with Crippen LogP contribution in [0.4, 0.5) is 5.69 Å². The van der Waals surface area contributed by atoms with Crippen LogP contribution >= 0.6 is 0 Å². The molecule has 3 heteroatoms. The Bertz CT molecular complexity index is 461. The lowest BCUT2D eigenvalue weighted by atomic mass is 10.0. The van der Waals surface area contributed by atoms with Gasteiger partial charge in [0.1, 0.15) is 0 Å². The van der Waals surface area contributed by atoms with Gasteiger partial charge in [-0.15, -0.1) is 0 Å². The zero-order chi connectivity index (χ0) is 13.1. The van der Waals surface area contributed by atoms with Crippen LogP contribution in [0.1, 0.15) is 24.5 Å². The van der Waals surface area contributed by atoms with Crippen molar-refractivity contribution in [3.8, 4) is 6.07 Å². The highest BCUT2D eigenvalue weighted by Crippen LogP contribution is 2.21.